The van der Waals surface area contributed by atoms with E-state index in [9.17, 15) is 14.7 Å². The Morgan fingerprint density at radius 1 is 1.30 bits per heavy atom. The van der Waals surface area contributed by atoms with Gasteiger partial charge in [-0.25, -0.2) is 9.78 Å². The SMILES string of the molecule is CC(=O)c1sc(N2CCC3CCCCC32)nc1C(=O)O. The molecule has 0 spiro atoms. The summed E-state index contributed by atoms with van der Waals surface area (Å²) in [5, 5.41) is 9.89. The number of Topliss-reactive ketones (excluding diaryl/α,β-unsaturated/α-hetero) is 1. The maximum Gasteiger partial charge on any atom is 0.356 e. The summed E-state index contributed by atoms with van der Waals surface area (Å²) in [6, 6.07) is 0.483. The normalized spacial score (nSPS) is 25.6. The van der Waals surface area contributed by atoms with Crippen LogP contribution in [0.3, 0.4) is 0 Å². The minimum absolute atomic E-state index is 0.0863. The lowest BCUT2D eigenvalue weighted by atomic mass is 9.85. The lowest BCUT2D eigenvalue weighted by Gasteiger charge is -2.31. The molecule has 1 N–H and O–H groups in total. The predicted molar refractivity (Wildman–Crippen MR) is 76.8 cm³/mol. The first-order chi connectivity index (χ1) is 9.58. The number of anilines is 1. The zero-order chi connectivity index (χ0) is 14.3. The first kappa shape index (κ1) is 13.5. The summed E-state index contributed by atoms with van der Waals surface area (Å²) in [6.07, 6.45) is 6.10. The highest BCUT2D eigenvalue weighted by molar-refractivity contribution is 7.17. The quantitative estimate of drug-likeness (QED) is 0.868. The second-order valence-electron chi connectivity index (χ2n) is 5.63. The first-order valence-electron chi connectivity index (χ1n) is 7.09. The first-order valence-corrected chi connectivity index (χ1v) is 7.91. The van der Waals surface area contributed by atoms with E-state index in [1.54, 1.807) is 0 Å². The van der Waals surface area contributed by atoms with Crippen molar-refractivity contribution in [2.75, 3.05) is 11.4 Å². The highest BCUT2D eigenvalue weighted by Gasteiger charge is 2.37. The van der Waals surface area contributed by atoms with Crippen LogP contribution in [0.1, 0.15) is 59.2 Å². The van der Waals surface area contributed by atoms with Crippen LogP contribution in [0.5, 0.6) is 0 Å². The third kappa shape index (κ3) is 2.22. The number of fused-ring (bicyclic) bond motifs is 1. The maximum atomic E-state index is 11.6. The van der Waals surface area contributed by atoms with Gasteiger partial charge in [0, 0.05) is 19.5 Å². The summed E-state index contributed by atoms with van der Waals surface area (Å²) in [6.45, 7) is 2.33. The molecule has 1 aromatic heterocycles. The fourth-order valence-corrected chi connectivity index (χ4v) is 4.50. The molecule has 1 saturated carbocycles. The molecule has 2 heterocycles. The Kier molecular flexibility index (Phi) is 3.50. The molecular formula is C14H18N2O3S. The van der Waals surface area contributed by atoms with Gasteiger partial charge in [-0.2, -0.15) is 0 Å². The van der Waals surface area contributed by atoms with Gasteiger partial charge in [-0.1, -0.05) is 24.2 Å². The molecule has 1 aliphatic carbocycles. The molecule has 0 bridgehead atoms. The number of aromatic nitrogens is 1. The third-order valence-electron chi connectivity index (χ3n) is 4.39. The van der Waals surface area contributed by atoms with Crippen molar-refractivity contribution in [1.29, 1.82) is 0 Å². The highest BCUT2D eigenvalue weighted by Crippen LogP contribution is 2.40. The summed E-state index contributed by atoms with van der Waals surface area (Å²) in [5.74, 6) is -0.621. The average Bonchev–Trinajstić information content (AvgIpc) is 3.02. The lowest BCUT2D eigenvalue weighted by Crippen LogP contribution is -2.34. The summed E-state index contributed by atoms with van der Waals surface area (Å²) < 4.78 is 0. The molecule has 0 amide bonds. The van der Waals surface area contributed by atoms with Gasteiger partial charge in [0.25, 0.3) is 0 Å². The number of hydrogen-bond donors (Lipinski definition) is 1. The number of carbonyl (C=O) groups is 2. The van der Waals surface area contributed by atoms with E-state index in [1.807, 2.05) is 0 Å². The number of aromatic carboxylic acids is 1. The Bertz CT molecular complexity index is 523. The largest absolute Gasteiger partial charge is 0.476 e. The van der Waals surface area contributed by atoms with Crippen molar-refractivity contribution in [3.05, 3.63) is 10.6 Å². The van der Waals surface area contributed by atoms with Crippen LogP contribution < -0.4 is 4.90 Å². The topological polar surface area (TPSA) is 70.5 Å². The van der Waals surface area contributed by atoms with E-state index >= 15 is 0 Å². The highest BCUT2D eigenvalue weighted by atomic mass is 32.1. The standard InChI is InChI=1S/C14H18N2O3S/c1-8(17)12-11(13(18)19)15-14(20-12)16-7-6-9-4-2-3-5-10(9)16/h9-10H,2-7H2,1H3,(H,18,19). The van der Waals surface area contributed by atoms with Gasteiger partial charge in [0.1, 0.15) is 4.88 Å². The van der Waals surface area contributed by atoms with Gasteiger partial charge in [-0.3, -0.25) is 4.79 Å². The molecule has 2 fully saturated rings. The Balaban J connectivity index is 1.92. The second kappa shape index (κ2) is 5.16. The summed E-state index contributed by atoms with van der Waals surface area (Å²) >= 11 is 1.23. The fraction of sp³-hybridized carbons (Fsp3) is 0.643. The molecule has 2 aliphatic rings. The van der Waals surface area contributed by atoms with Crippen molar-refractivity contribution >= 4 is 28.2 Å². The van der Waals surface area contributed by atoms with Crippen LogP contribution in [0, 0.1) is 5.92 Å². The number of carboxylic acids is 1. The Morgan fingerprint density at radius 2 is 2.05 bits per heavy atom. The minimum Gasteiger partial charge on any atom is -0.476 e. The van der Waals surface area contributed by atoms with Gasteiger partial charge in [0.2, 0.25) is 0 Å². The molecule has 0 aromatic carbocycles. The lowest BCUT2D eigenvalue weighted by molar-refractivity contribution is 0.0687. The summed E-state index contributed by atoms with van der Waals surface area (Å²) in [7, 11) is 0. The minimum atomic E-state index is -1.11. The fourth-order valence-electron chi connectivity index (χ4n) is 3.46. The maximum absolute atomic E-state index is 11.6. The van der Waals surface area contributed by atoms with E-state index in [4.69, 9.17) is 0 Å². The van der Waals surface area contributed by atoms with E-state index in [-0.39, 0.29) is 16.4 Å². The smallest absolute Gasteiger partial charge is 0.356 e. The van der Waals surface area contributed by atoms with E-state index in [0.29, 0.717) is 17.1 Å². The van der Waals surface area contributed by atoms with Gasteiger partial charge in [0.15, 0.2) is 16.6 Å². The van der Waals surface area contributed by atoms with Crippen LogP contribution in [-0.2, 0) is 0 Å². The van der Waals surface area contributed by atoms with Gasteiger partial charge in [-0.15, -0.1) is 0 Å². The molecule has 108 valence electrons. The van der Waals surface area contributed by atoms with E-state index in [1.165, 1.54) is 37.5 Å². The van der Waals surface area contributed by atoms with Crippen molar-refractivity contribution in [2.24, 2.45) is 5.92 Å². The second-order valence-corrected chi connectivity index (χ2v) is 6.61. The number of ketones is 1. The molecular weight excluding hydrogens is 276 g/mol. The van der Waals surface area contributed by atoms with Crippen LogP contribution in [0.4, 0.5) is 5.13 Å². The number of thiazole rings is 1. The zero-order valence-corrected chi connectivity index (χ0v) is 12.3. The van der Waals surface area contributed by atoms with Crippen LogP contribution in [0.15, 0.2) is 0 Å². The number of carbonyl (C=O) groups excluding carboxylic acids is 1. The number of carboxylic acid groups (broad SMARTS) is 1. The van der Waals surface area contributed by atoms with Crippen molar-refractivity contribution < 1.29 is 14.7 Å². The molecule has 6 heteroatoms. The van der Waals surface area contributed by atoms with Crippen LogP contribution in [0.25, 0.3) is 0 Å². The molecule has 1 aromatic rings. The van der Waals surface area contributed by atoms with Gasteiger partial charge in [0.05, 0.1) is 0 Å². The monoisotopic (exact) mass is 294 g/mol. The number of rotatable bonds is 3. The molecule has 20 heavy (non-hydrogen) atoms. The van der Waals surface area contributed by atoms with E-state index < -0.39 is 5.97 Å². The van der Waals surface area contributed by atoms with E-state index in [0.717, 1.165) is 19.4 Å². The molecule has 2 atom stereocenters. The third-order valence-corrected chi connectivity index (χ3v) is 5.59. The molecule has 2 unspecified atom stereocenters. The number of nitrogens with zero attached hydrogens (tertiary/aromatic N) is 2. The summed E-state index contributed by atoms with van der Waals surface area (Å²) in [5.41, 5.74) is -0.0863. The Labute approximate surface area is 121 Å². The molecule has 5 nitrogen and oxygen atoms in total. The molecule has 1 saturated heterocycles. The molecule has 3 rings (SSSR count). The average molecular weight is 294 g/mol. The van der Waals surface area contributed by atoms with Crippen molar-refractivity contribution in [2.45, 2.75) is 45.1 Å². The number of hydrogen-bond acceptors (Lipinski definition) is 5. The predicted octanol–water partition coefficient (Wildman–Crippen LogP) is 2.81. The zero-order valence-electron chi connectivity index (χ0n) is 11.5. The Hall–Kier alpha value is -1.43. The summed E-state index contributed by atoms with van der Waals surface area (Å²) in [4.78, 5) is 29.5. The molecule has 1 aliphatic heterocycles. The van der Waals surface area contributed by atoms with Crippen molar-refractivity contribution in [3.63, 3.8) is 0 Å². The molecule has 0 radical (unpaired) electrons. The van der Waals surface area contributed by atoms with Gasteiger partial charge >= 0.3 is 5.97 Å². The van der Waals surface area contributed by atoms with Gasteiger partial charge < -0.3 is 10.0 Å². The van der Waals surface area contributed by atoms with Crippen molar-refractivity contribution in [3.8, 4) is 0 Å². The van der Waals surface area contributed by atoms with Crippen LogP contribution in [0.2, 0.25) is 0 Å². The van der Waals surface area contributed by atoms with Gasteiger partial charge in [-0.05, 0) is 25.2 Å². The van der Waals surface area contributed by atoms with Crippen LogP contribution >= 0.6 is 11.3 Å². The van der Waals surface area contributed by atoms with Crippen LogP contribution in [-0.4, -0.2) is 34.4 Å². The van der Waals surface area contributed by atoms with E-state index in [2.05, 4.69) is 9.88 Å². The van der Waals surface area contributed by atoms with Crippen molar-refractivity contribution in [1.82, 2.24) is 4.98 Å². The Morgan fingerprint density at radius 3 is 2.70 bits per heavy atom.